The number of nitrogens with zero attached hydrogens (tertiary/aromatic N) is 2. The minimum absolute atomic E-state index is 0.103. The van der Waals surface area contributed by atoms with Crippen molar-refractivity contribution in [3.05, 3.63) is 54.1 Å². The molecule has 1 aliphatic carbocycles. The van der Waals surface area contributed by atoms with Crippen LogP contribution in [0.5, 0.6) is 11.5 Å². The van der Waals surface area contributed by atoms with Crippen LogP contribution in [-0.2, 0) is 26.2 Å². The first-order valence-electron chi connectivity index (χ1n) is 13.5. The topological polar surface area (TPSA) is 105 Å². The molecule has 2 amide bonds. The van der Waals surface area contributed by atoms with Gasteiger partial charge < -0.3 is 19.7 Å². The molecule has 0 saturated heterocycles. The summed E-state index contributed by atoms with van der Waals surface area (Å²) in [5, 5.41) is 3.14. The number of carbonyl (C=O) groups is 2. The average Bonchev–Trinajstić information content (AvgIpc) is 3.43. The van der Waals surface area contributed by atoms with Crippen molar-refractivity contribution in [2.24, 2.45) is 0 Å². The van der Waals surface area contributed by atoms with Gasteiger partial charge in [-0.2, -0.15) is 0 Å². The first-order valence-corrected chi connectivity index (χ1v) is 15.4. The van der Waals surface area contributed by atoms with Crippen molar-refractivity contribution in [2.75, 3.05) is 31.3 Å². The van der Waals surface area contributed by atoms with E-state index in [9.17, 15) is 18.0 Å². The standard InChI is InChI=1S/C29H41N3O6S/c1-5-27(29(34)30-23-9-6-7-10-23)31(21-22-12-16-25(37-2)17-13-22)28(33)11-8-20-32(39(4,35)36)24-14-18-26(38-3)19-15-24/h12-19,23,27H,5-11,20-21H2,1-4H3,(H,30,34)/t27-/m1/s1. The Bertz CT molecular complexity index is 1180. The number of nitrogens with one attached hydrogen (secondary N) is 1. The van der Waals surface area contributed by atoms with Crippen LogP contribution in [-0.4, -0.2) is 64.2 Å². The molecule has 0 aliphatic heterocycles. The van der Waals surface area contributed by atoms with Gasteiger partial charge in [-0.05, 0) is 67.6 Å². The first-order chi connectivity index (χ1) is 18.7. The molecule has 3 rings (SSSR count). The van der Waals surface area contributed by atoms with E-state index in [4.69, 9.17) is 9.47 Å². The molecule has 1 aliphatic rings. The van der Waals surface area contributed by atoms with Crippen LogP contribution < -0.4 is 19.1 Å². The third-order valence-electron chi connectivity index (χ3n) is 7.11. The fourth-order valence-electron chi connectivity index (χ4n) is 4.97. The minimum atomic E-state index is -3.57. The smallest absolute Gasteiger partial charge is 0.243 e. The molecule has 1 N–H and O–H groups in total. The number of anilines is 1. The highest BCUT2D eigenvalue weighted by Gasteiger charge is 2.30. The molecule has 9 nitrogen and oxygen atoms in total. The number of ether oxygens (including phenoxy) is 2. The zero-order chi connectivity index (χ0) is 28.4. The second-order valence-corrected chi connectivity index (χ2v) is 11.8. The van der Waals surface area contributed by atoms with Crippen LogP contribution in [0.25, 0.3) is 0 Å². The van der Waals surface area contributed by atoms with Crippen LogP contribution in [0, 0.1) is 0 Å². The van der Waals surface area contributed by atoms with Crippen LogP contribution in [0.2, 0.25) is 0 Å². The monoisotopic (exact) mass is 559 g/mol. The van der Waals surface area contributed by atoms with Crippen LogP contribution >= 0.6 is 0 Å². The lowest BCUT2D eigenvalue weighted by atomic mass is 10.1. The quantitative estimate of drug-likeness (QED) is 0.373. The average molecular weight is 560 g/mol. The molecular weight excluding hydrogens is 518 g/mol. The van der Waals surface area contributed by atoms with Gasteiger partial charge in [-0.25, -0.2) is 8.42 Å². The van der Waals surface area contributed by atoms with Crippen LogP contribution in [0.15, 0.2) is 48.5 Å². The van der Waals surface area contributed by atoms with Crippen LogP contribution in [0.4, 0.5) is 5.69 Å². The molecule has 10 heteroatoms. The summed E-state index contributed by atoms with van der Waals surface area (Å²) >= 11 is 0. The molecule has 0 heterocycles. The van der Waals surface area contributed by atoms with Gasteiger partial charge in [0.2, 0.25) is 21.8 Å². The Morgan fingerprint density at radius 1 is 0.974 bits per heavy atom. The van der Waals surface area contributed by atoms with E-state index in [-0.39, 0.29) is 37.4 Å². The summed E-state index contributed by atoms with van der Waals surface area (Å²) < 4.78 is 36.8. The number of methoxy groups -OCH3 is 2. The van der Waals surface area contributed by atoms with Gasteiger partial charge in [-0.1, -0.05) is 31.9 Å². The largest absolute Gasteiger partial charge is 0.497 e. The highest BCUT2D eigenvalue weighted by molar-refractivity contribution is 7.92. The van der Waals surface area contributed by atoms with Crippen molar-refractivity contribution in [2.45, 2.75) is 70.5 Å². The van der Waals surface area contributed by atoms with E-state index in [1.165, 1.54) is 4.31 Å². The van der Waals surface area contributed by atoms with Crippen LogP contribution in [0.1, 0.15) is 57.4 Å². The fourth-order valence-corrected chi connectivity index (χ4v) is 5.93. The minimum Gasteiger partial charge on any atom is -0.497 e. The van der Waals surface area contributed by atoms with Gasteiger partial charge in [0.15, 0.2) is 0 Å². The van der Waals surface area contributed by atoms with Gasteiger partial charge in [-0.3, -0.25) is 13.9 Å². The molecule has 2 aromatic rings. The molecule has 1 atom stereocenters. The first kappa shape index (κ1) is 30.3. The molecule has 0 unspecified atom stereocenters. The number of benzene rings is 2. The van der Waals surface area contributed by atoms with Crippen molar-refractivity contribution in [3.8, 4) is 11.5 Å². The molecule has 0 radical (unpaired) electrons. The fraction of sp³-hybridized carbons (Fsp3) is 0.517. The van der Waals surface area contributed by atoms with Crippen molar-refractivity contribution >= 4 is 27.5 Å². The summed E-state index contributed by atoms with van der Waals surface area (Å²) in [6, 6.07) is 13.7. The summed E-state index contributed by atoms with van der Waals surface area (Å²) in [4.78, 5) is 28.5. The van der Waals surface area contributed by atoms with Gasteiger partial charge in [0.05, 0.1) is 26.2 Å². The maximum absolute atomic E-state index is 13.6. The second kappa shape index (κ2) is 14.2. The Morgan fingerprint density at radius 3 is 2.05 bits per heavy atom. The normalized spacial score (nSPS) is 14.5. The number of amides is 2. The SMILES string of the molecule is CC[C@H](C(=O)NC1CCCC1)N(Cc1ccc(OC)cc1)C(=O)CCCN(c1ccc(OC)cc1)S(C)(=O)=O. The molecule has 39 heavy (non-hydrogen) atoms. The number of hydrogen-bond donors (Lipinski definition) is 1. The van der Waals surface area contributed by atoms with Crippen molar-refractivity contribution in [3.63, 3.8) is 0 Å². The summed E-state index contributed by atoms with van der Waals surface area (Å²) in [5.74, 6) is 1.00. The highest BCUT2D eigenvalue weighted by atomic mass is 32.2. The highest BCUT2D eigenvalue weighted by Crippen LogP contribution is 2.23. The van der Waals surface area contributed by atoms with E-state index in [0.29, 0.717) is 30.0 Å². The molecule has 1 fully saturated rings. The van der Waals surface area contributed by atoms with Crippen LogP contribution in [0.3, 0.4) is 0 Å². The Labute approximate surface area is 232 Å². The predicted octanol–water partition coefficient (Wildman–Crippen LogP) is 4.12. The van der Waals surface area contributed by atoms with Gasteiger partial charge in [0.1, 0.15) is 17.5 Å². The maximum Gasteiger partial charge on any atom is 0.243 e. The summed E-state index contributed by atoms with van der Waals surface area (Å²) in [7, 11) is -0.427. The molecule has 2 aromatic carbocycles. The Morgan fingerprint density at radius 2 is 1.54 bits per heavy atom. The molecule has 0 aromatic heterocycles. The molecule has 0 spiro atoms. The van der Waals surface area contributed by atoms with E-state index in [2.05, 4.69) is 5.32 Å². The van der Waals surface area contributed by atoms with E-state index in [1.54, 1.807) is 43.4 Å². The van der Waals surface area contributed by atoms with E-state index >= 15 is 0 Å². The number of rotatable bonds is 14. The predicted molar refractivity (Wildman–Crippen MR) is 152 cm³/mol. The maximum atomic E-state index is 13.6. The number of carbonyl (C=O) groups excluding carboxylic acids is 2. The zero-order valence-corrected chi connectivity index (χ0v) is 24.2. The summed E-state index contributed by atoms with van der Waals surface area (Å²) in [5.41, 5.74) is 1.38. The lowest BCUT2D eigenvalue weighted by molar-refractivity contribution is -0.141. The van der Waals surface area contributed by atoms with Crippen molar-refractivity contribution < 1.29 is 27.5 Å². The molecule has 0 bridgehead atoms. The lowest BCUT2D eigenvalue weighted by Crippen LogP contribution is -2.51. The molecule has 214 valence electrons. The Balaban J connectivity index is 1.75. The van der Waals surface area contributed by atoms with E-state index < -0.39 is 16.1 Å². The molecular formula is C29H41N3O6S. The Hall–Kier alpha value is -3.27. The van der Waals surface area contributed by atoms with Gasteiger partial charge in [0.25, 0.3) is 0 Å². The second-order valence-electron chi connectivity index (χ2n) is 9.92. The van der Waals surface area contributed by atoms with Gasteiger partial charge in [0, 0.05) is 25.6 Å². The summed E-state index contributed by atoms with van der Waals surface area (Å²) in [6.07, 6.45) is 6.14. The van der Waals surface area contributed by atoms with E-state index in [0.717, 1.165) is 37.5 Å². The molecule has 1 saturated carbocycles. The number of hydrogen-bond acceptors (Lipinski definition) is 6. The zero-order valence-electron chi connectivity index (χ0n) is 23.4. The Kier molecular flexibility index (Phi) is 11.0. The third-order valence-corrected chi connectivity index (χ3v) is 8.31. The summed E-state index contributed by atoms with van der Waals surface area (Å²) in [6.45, 7) is 2.31. The third kappa shape index (κ3) is 8.61. The van der Waals surface area contributed by atoms with Crippen molar-refractivity contribution in [1.82, 2.24) is 10.2 Å². The number of sulfonamides is 1. The lowest BCUT2D eigenvalue weighted by Gasteiger charge is -2.32. The van der Waals surface area contributed by atoms with E-state index in [1.807, 2.05) is 31.2 Å². The van der Waals surface area contributed by atoms with Crippen molar-refractivity contribution in [1.29, 1.82) is 0 Å². The van der Waals surface area contributed by atoms with Gasteiger partial charge in [-0.15, -0.1) is 0 Å². The van der Waals surface area contributed by atoms with Gasteiger partial charge >= 0.3 is 0 Å².